The molecule has 2 spiro atoms. The molecule has 0 aromatic rings. The maximum Gasteiger partial charge on any atom is 0.407 e. The van der Waals surface area contributed by atoms with Gasteiger partial charge in [-0.05, 0) is 97.2 Å². The second-order valence-corrected chi connectivity index (χ2v) is 19.0. The summed E-state index contributed by atoms with van der Waals surface area (Å²) in [6, 6.07) is -0.328. The van der Waals surface area contributed by atoms with E-state index in [1.54, 1.807) is 7.05 Å². The van der Waals surface area contributed by atoms with Crippen molar-refractivity contribution in [1.29, 1.82) is 0 Å². The predicted molar refractivity (Wildman–Crippen MR) is 180 cm³/mol. The first-order valence-electron chi connectivity index (χ1n) is 19.2. The molecule has 5 saturated carbocycles. The van der Waals surface area contributed by atoms with Crippen molar-refractivity contribution >= 4 is 12.2 Å². The van der Waals surface area contributed by atoms with Crippen LogP contribution in [0.25, 0.3) is 0 Å². The summed E-state index contributed by atoms with van der Waals surface area (Å²) in [5.74, 6) is 1.33. The van der Waals surface area contributed by atoms with Crippen molar-refractivity contribution in [2.45, 2.75) is 143 Å². The Morgan fingerprint density at radius 1 is 1.00 bits per heavy atom. The zero-order chi connectivity index (χ0) is 36.4. The number of rotatable bonds is 6. The highest BCUT2D eigenvalue weighted by Crippen LogP contribution is 2.89. The molecule has 0 aromatic heterocycles. The topological polar surface area (TPSA) is 109 Å². The molecular weight excluding hydrogens is 651 g/mol. The Balaban J connectivity index is 1.06. The summed E-state index contributed by atoms with van der Waals surface area (Å²) in [4.78, 5) is 26.6. The molecule has 2 saturated heterocycles. The molecule has 5 aliphatic carbocycles. The number of ether oxygens (including phenoxy) is 3. The number of nitrogens with zero attached hydrogens (tertiary/aromatic N) is 1. The van der Waals surface area contributed by atoms with Crippen LogP contribution in [0, 0.1) is 56.7 Å². The molecular formula is C38H60F3N3O6. The second-order valence-electron chi connectivity index (χ2n) is 19.0. The van der Waals surface area contributed by atoms with E-state index in [0.29, 0.717) is 17.8 Å². The van der Waals surface area contributed by atoms with E-state index < -0.39 is 37.1 Å². The quantitative estimate of drug-likeness (QED) is 0.288. The number of nitrogens with one attached hydrogen (secondary N) is 2. The van der Waals surface area contributed by atoms with Gasteiger partial charge in [-0.25, -0.2) is 9.59 Å². The average molecular weight is 712 g/mol. The van der Waals surface area contributed by atoms with Gasteiger partial charge in [-0.2, -0.15) is 13.2 Å². The van der Waals surface area contributed by atoms with Gasteiger partial charge in [-0.3, -0.25) is 4.90 Å². The minimum Gasteiger partial charge on any atom is -0.446 e. The lowest BCUT2D eigenvalue weighted by atomic mass is 9.41. The van der Waals surface area contributed by atoms with Crippen LogP contribution in [0.2, 0.25) is 0 Å². The van der Waals surface area contributed by atoms with Crippen LogP contribution in [0.1, 0.15) is 99.8 Å². The van der Waals surface area contributed by atoms with Crippen LogP contribution in [0.3, 0.4) is 0 Å². The lowest BCUT2D eigenvalue weighted by Crippen LogP contribution is -2.62. The van der Waals surface area contributed by atoms with Gasteiger partial charge in [0.05, 0.1) is 30.9 Å². The normalized spacial score (nSPS) is 47.0. The van der Waals surface area contributed by atoms with Crippen LogP contribution in [0.5, 0.6) is 0 Å². The highest BCUT2D eigenvalue weighted by molar-refractivity contribution is 5.68. The Hall–Kier alpha value is -1.79. The van der Waals surface area contributed by atoms with Gasteiger partial charge in [0.15, 0.2) is 0 Å². The van der Waals surface area contributed by atoms with Crippen LogP contribution in [-0.4, -0.2) is 91.6 Å². The van der Waals surface area contributed by atoms with Gasteiger partial charge in [0.1, 0.15) is 12.2 Å². The lowest BCUT2D eigenvalue weighted by molar-refractivity contribution is -0.184. The van der Waals surface area contributed by atoms with Crippen LogP contribution in [0.4, 0.5) is 22.8 Å². The molecule has 12 heteroatoms. The van der Waals surface area contributed by atoms with E-state index in [0.717, 1.165) is 51.4 Å². The molecule has 2 aliphatic heterocycles. The summed E-state index contributed by atoms with van der Waals surface area (Å²) in [6.45, 7) is 15.1. The number of likely N-dealkylation sites (tertiary alicyclic amines) is 1. The van der Waals surface area contributed by atoms with Gasteiger partial charge in [0, 0.05) is 31.0 Å². The number of amides is 2. The van der Waals surface area contributed by atoms with Crippen LogP contribution in [0.15, 0.2) is 0 Å². The number of fused-ring (bicyclic) bond motifs is 4. The molecule has 3 N–H and O–H groups in total. The van der Waals surface area contributed by atoms with E-state index in [1.807, 2.05) is 13.8 Å². The molecule has 50 heavy (non-hydrogen) atoms. The van der Waals surface area contributed by atoms with E-state index in [-0.39, 0.29) is 76.4 Å². The molecule has 9 nitrogen and oxygen atoms in total. The molecule has 13 atom stereocenters. The largest absolute Gasteiger partial charge is 0.446 e. The smallest absolute Gasteiger partial charge is 0.407 e. The standard InChI is InChI=1S/C38H60F3N3O6/c1-20(2)28(50-31(46)42-8)23-15-21(3)27-29(48-23)30(45)35(7)25-10-9-24-33(4,5)26(11-12-36(24)18-37(25,36)14-13-34(27,35)6)49-32(47)43-22-16-44(17-22)19-38(39,40)41/h20-30,45H,9-19H2,1-8H3,(H,42,46)(H,43,47)/t21-,23?,24+,25?,26?,27+,28?,29?,30+,34?,35-,36?,37?/m1/s1. The van der Waals surface area contributed by atoms with E-state index >= 15 is 0 Å². The van der Waals surface area contributed by atoms with Gasteiger partial charge < -0.3 is 30.0 Å². The van der Waals surface area contributed by atoms with Crippen LogP contribution < -0.4 is 10.6 Å². The number of aliphatic hydroxyl groups excluding tert-OH is 1. The third-order valence-electron chi connectivity index (χ3n) is 16.2. The van der Waals surface area contributed by atoms with Crippen LogP contribution >= 0.6 is 0 Å². The summed E-state index contributed by atoms with van der Waals surface area (Å²) >= 11 is 0. The Morgan fingerprint density at radius 2 is 1.66 bits per heavy atom. The van der Waals surface area contributed by atoms with Gasteiger partial charge in [-0.15, -0.1) is 0 Å². The Labute approximate surface area is 295 Å². The monoisotopic (exact) mass is 711 g/mol. The minimum absolute atomic E-state index is 0.0679. The van der Waals surface area contributed by atoms with E-state index in [2.05, 4.69) is 45.3 Å². The highest BCUT2D eigenvalue weighted by Gasteiger charge is 2.84. The number of halogens is 3. The lowest BCUT2D eigenvalue weighted by Gasteiger charge is -2.63. The summed E-state index contributed by atoms with van der Waals surface area (Å²) in [5, 5.41) is 17.9. The van der Waals surface area contributed by atoms with Gasteiger partial charge in [-0.1, -0.05) is 48.5 Å². The molecule has 284 valence electrons. The van der Waals surface area contributed by atoms with Crippen LogP contribution in [-0.2, 0) is 14.2 Å². The number of alkyl carbamates (subject to hydrolysis) is 2. The Kier molecular flexibility index (Phi) is 8.67. The average Bonchev–Trinajstić information content (AvgIpc) is 3.64. The Morgan fingerprint density at radius 3 is 2.30 bits per heavy atom. The summed E-state index contributed by atoms with van der Waals surface area (Å²) in [6.07, 6.45) is 0.782. The first-order chi connectivity index (χ1) is 23.2. The van der Waals surface area contributed by atoms with Crippen molar-refractivity contribution in [2.75, 3.05) is 26.7 Å². The summed E-state index contributed by atoms with van der Waals surface area (Å²) in [7, 11) is 1.57. The zero-order valence-electron chi connectivity index (χ0n) is 31.2. The molecule has 7 rings (SSSR count). The third kappa shape index (κ3) is 5.17. The first-order valence-corrected chi connectivity index (χ1v) is 19.2. The van der Waals surface area contributed by atoms with Crippen molar-refractivity contribution in [3.05, 3.63) is 0 Å². The maximum atomic E-state index is 13.0. The summed E-state index contributed by atoms with van der Waals surface area (Å²) in [5.41, 5.74) is -0.375. The molecule has 0 bridgehead atoms. The van der Waals surface area contributed by atoms with E-state index in [1.165, 1.54) is 4.90 Å². The number of alkyl halides is 3. The fourth-order valence-electron chi connectivity index (χ4n) is 13.9. The van der Waals surface area contributed by atoms with Crippen molar-refractivity contribution in [1.82, 2.24) is 15.5 Å². The fraction of sp³-hybridized carbons (Fsp3) is 0.947. The van der Waals surface area contributed by atoms with Gasteiger partial charge >= 0.3 is 18.4 Å². The molecule has 2 amide bonds. The van der Waals surface area contributed by atoms with Crippen molar-refractivity contribution in [3.63, 3.8) is 0 Å². The van der Waals surface area contributed by atoms with E-state index in [4.69, 9.17) is 14.2 Å². The molecule has 0 radical (unpaired) electrons. The Bertz CT molecular complexity index is 1360. The maximum absolute atomic E-state index is 13.0. The van der Waals surface area contributed by atoms with Gasteiger partial charge in [0.25, 0.3) is 0 Å². The second kappa shape index (κ2) is 11.9. The predicted octanol–water partition coefficient (Wildman–Crippen LogP) is 6.52. The van der Waals surface area contributed by atoms with Crippen molar-refractivity contribution < 1.29 is 42.1 Å². The number of carbonyl (C=O) groups is 2. The molecule has 2 heterocycles. The number of aliphatic hydroxyl groups is 1. The number of hydrogen-bond donors (Lipinski definition) is 3. The first kappa shape index (κ1) is 36.6. The van der Waals surface area contributed by atoms with Crippen molar-refractivity contribution in [3.8, 4) is 0 Å². The fourth-order valence-corrected chi connectivity index (χ4v) is 13.9. The van der Waals surface area contributed by atoms with E-state index in [9.17, 15) is 27.9 Å². The molecule has 8 unspecified atom stereocenters. The SMILES string of the molecule is CNC(=O)OC(C(C)C)C1C[C@@H](C)[C@H]2C(O1)[C@H](O)[C@@]1(C)C3CC[C@H]4C(C)(C)C(OC(=O)NC5CN(CC(F)(F)F)C5)CCC45CC35CCC21C. The zero-order valence-corrected chi connectivity index (χ0v) is 31.2. The molecule has 7 fully saturated rings. The highest BCUT2D eigenvalue weighted by atomic mass is 19.4. The molecule has 7 aliphatic rings. The minimum atomic E-state index is -4.24. The van der Waals surface area contributed by atoms with Gasteiger partial charge in [0.2, 0.25) is 0 Å². The number of hydrogen-bond acceptors (Lipinski definition) is 7. The van der Waals surface area contributed by atoms with Crippen molar-refractivity contribution in [2.24, 2.45) is 56.7 Å². The number of carbonyl (C=O) groups excluding carboxylic acids is 2. The third-order valence-corrected chi connectivity index (χ3v) is 16.2. The summed E-state index contributed by atoms with van der Waals surface area (Å²) < 4.78 is 57.0. The molecule has 0 aromatic carbocycles.